The molecular formula is C15H11N5. The molecule has 0 amide bonds. The van der Waals surface area contributed by atoms with Crippen molar-refractivity contribution >= 4 is 27.8 Å². The number of hydrogen-bond acceptors (Lipinski definition) is 4. The lowest BCUT2D eigenvalue weighted by Gasteiger charge is -2.00. The minimum Gasteiger partial charge on any atom is -0.384 e. The SMILES string of the molecule is Nc1cc2c(cn1)[nH]c1ncc(-c3ccccn3)cc12. The molecule has 0 unspecified atom stereocenters. The summed E-state index contributed by atoms with van der Waals surface area (Å²) in [6.07, 6.45) is 5.32. The van der Waals surface area contributed by atoms with Gasteiger partial charge in [-0.3, -0.25) is 4.98 Å². The van der Waals surface area contributed by atoms with Crippen molar-refractivity contribution in [1.29, 1.82) is 0 Å². The highest BCUT2D eigenvalue weighted by atomic mass is 14.9. The summed E-state index contributed by atoms with van der Waals surface area (Å²) in [5.74, 6) is 0.502. The molecule has 0 aromatic carbocycles. The number of nitrogens with zero attached hydrogens (tertiary/aromatic N) is 3. The molecule has 0 fully saturated rings. The van der Waals surface area contributed by atoms with Gasteiger partial charge in [-0.05, 0) is 24.3 Å². The third-order valence-electron chi connectivity index (χ3n) is 3.32. The van der Waals surface area contributed by atoms with Crippen LogP contribution in [-0.4, -0.2) is 19.9 Å². The van der Waals surface area contributed by atoms with Gasteiger partial charge in [-0.2, -0.15) is 0 Å². The summed E-state index contributed by atoms with van der Waals surface area (Å²) >= 11 is 0. The summed E-state index contributed by atoms with van der Waals surface area (Å²) in [4.78, 5) is 16.1. The maximum atomic E-state index is 5.77. The molecule has 0 bridgehead atoms. The van der Waals surface area contributed by atoms with E-state index in [-0.39, 0.29) is 0 Å². The van der Waals surface area contributed by atoms with Crippen LogP contribution in [0.15, 0.2) is 48.9 Å². The van der Waals surface area contributed by atoms with Gasteiger partial charge in [0.05, 0.1) is 17.4 Å². The molecule has 96 valence electrons. The summed E-state index contributed by atoms with van der Waals surface area (Å²) in [5, 5.41) is 2.05. The molecule has 5 heteroatoms. The number of nitrogens with two attached hydrogens (primary N) is 1. The second-order valence-corrected chi connectivity index (χ2v) is 4.61. The van der Waals surface area contributed by atoms with Crippen LogP contribution in [0.5, 0.6) is 0 Å². The highest BCUT2D eigenvalue weighted by molar-refractivity contribution is 6.07. The molecule has 0 atom stereocenters. The van der Waals surface area contributed by atoms with Gasteiger partial charge in [-0.25, -0.2) is 9.97 Å². The highest BCUT2D eigenvalue weighted by Crippen LogP contribution is 2.28. The van der Waals surface area contributed by atoms with Crippen molar-refractivity contribution in [3.05, 3.63) is 48.9 Å². The van der Waals surface area contributed by atoms with Crippen molar-refractivity contribution in [2.24, 2.45) is 0 Å². The smallest absolute Gasteiger partial charge is 0.138 e. The van der Waals surface area contributed by atoms with Crippen LogP contribution in [0, 0.1) is 0 Å². The maximum Gasteiger partial charge on any atom is 0.138 e. The van der Waals surface area contributed by atoms with E-state index in [1.54, 1.807) is 12.4 Å². The van der Waals surface area contributed by atoms with Gasteiger partial charge in [0.15, 0.2) is 0 Å². The van der Waals surface area contributed by atoms with Crippen molar-refractivity contribution in [3.63, 3.8) is 0 Å². The van der Waals surface area contributed by atoms with Gasteiger partial charge in [-0.1, -0.05) is 6.07 Å². The molecule has 0 radical (unpaired) electrons. The Hall–Kier alpha value is -2.95. The quantitative estimate of drug-likeness (QED) is 0.552. The van der Waals surface area contributed by atoms with E-state index in [0.717, 1.165) is 33.2 Å². The molecule has 0 spiro atoms. The normalized spacial score (nSPS) is 11.2. The highest BCUT2D eigenvalue weighted by Gasteiger charge is 2.08. The van der Waals surface area contributed by atoms with Crippen LogP contribution in [-0.2, 0) is 0 Å². The standard InChI is InChI=1S/C15H11N5/c16-14-6-10-11-5-9(12-3-1-2-4-17-12)7-19-15(11)20-13(10)8-18-14/h1-8H,(H2,16,18)(H,19,20). The molecule has 0 aliphatic rings. The summed E-state index contributed by atoms with van der Waals surface area (Å²) in [6, 6.07) is 9.76. The number of aromatic amines is 1. The number of rotatable bonds is 1. The Morgan fingerprint density at radius 1 is 0.950 bits per heavy atom. The number of nitrogens with one attached hydrogen (secondary N) is 1. The van der Waals surface area contributed by atoms with Crippen LogP contribution >= 0.6 is 0 Å². The second-order valence-electron chi connectivity index (χ2n) is 4.61. The lowest BCUT2D eigenvalue weighted by molar-refractivity contribution is 1.29. The van der Waals surface area contributed by atoms with Crippen LogP contribution in [0.1, 0.15) is 0 Å². The number of aromatic nitrogens is 4. The van der Waals surface area contributed by atoms with E-state index < -0.39 is 0 Å². The van der Waals surface area contributed by atoms with Gasteiger partial charge in [-0.15, -0.1) is 0 Å². The first-order valence-corrected chi connectivity index (χ1v) is 6.25. The van der Waals surface area contributed by atoms with Crippen molar-refractivity contribution in [2.75, 3.05) is 5.73 Å². The Bertz CT molecular complexity index is 912. The minimum absolute atomic E-state index is 0.502. The number of hydrogen-bond donors (Lipinski definition) is 2. The second kappa shape index (κ2) is 4.03. The predicted octanol–water partition coefficient (Wildman–Crippen LogP) is 2.76. The molecule has 0 saturated heterocycles. The van der Waals surface area contributed by atoms with Crippen LogP contribution < -0.4 is 5.73 Å². The largest absolute Gasteiger partial charge is 0.384 e. The molecule has 4 heterocycles. The molecule has 4 aromatic rings. The fraction of sp³-hybridized carbons (Fsp3) is 0. The fourth-order valence-electron chi connectivity index (χ4n) is 2.36. The molecule has 4 aromatic heterocycles. The van der Waals surface area contributed by atoms with Crippen molar-refractivity contribution in [1.82, 2.24) is 19.9 Å². The van der Waals surface area contributed by atoms with Gasteiger partial charge < -0.3 is 10.7 Å². The zero-order valence-electron chi connectivity index (χ0n) is 10.5. The first-order chi connectivity index (χ1) is 9.81. The van der Waals surface area contributed by atoms with E-state index in [1.807, 2.05) is 30.5 Å². The fourth-order valence-corrected chi connectivity index (χ4v) is 2.36. The number of H-pyrrole nitrogens is 1. The van der Waals surface area contributed by atoms with Gasteiger partial charge in [0.1, 0.15) is 11.5 Å². The molecule has 0 saturated carbocycles. The molecule has 4 rings (SSSR count). The summed E-state index contributed by atoms with van der Waals surface area (Å²) in [6.45, 7) is 0. The average Bonchev–Trinajstić information content (AvgIpc) is 2.85. The Labute approximate surface area is 114 Å². The minimum atomic E-state index is 0.502. The van der Waals surface area contributed by atoms with Gasteiger partial charge in [0.2, 0.25) is 0 Å². The summed E-state index contributed by atoms with van der Waals surface area (Å²) < 4.78 is 0. The lowest BCUT2D eigenvalue weighted by atomic mass is 10.1. The van der Waals surface area contributed by atoms with E-state index in [1.165, 1.54) is 0 Å². The van der Waals surface area contributed by atoms with Crippen molar-refractivity contribution in [2.45, 2.75) is 0 Å². The van der Waals surface area contributed by atoms with E-state index in [9.17, 15) is 0 Å². The average molecular weight is 261 g/mol. The Kier molecular flexibility index (Phi) is 2.20. The van der Waals surface area contributed by atoms with Gasteiger partial charge in [0.25, 0.3) is 0 Å². The Morgan fingerprint density at radius 2 is 1.90 bits per heavy atom. The predicted molar refractivity (Wildman–Crippen MR) is 79.0 cm³/mol. The molecule has 5 nitrogen and oxygen atoms in total. The zero-order valence-corrected chi connectivity index (χ0v) is 10.5. The van der Waals surface area contributed by atoms with Crippen LogP contribution in [0.2, 0.25) is 0 Å². The molecule has 0 aliphatic carbocycles. The lowest BCUT2D eigenvalue weighted by Crippen LogP contribution is -1.87. The van der Waals surface area contributed by atoms with Crippen LogP contribution in [0.25, 0.3) is 33.2 Å². The zero-order chi connectivity index (χ0) is 13.5. The Morgan fingerprint density at radius 3 is 2.75 bits per heavy atom. The molecular weight excluding hydrogens is 250 g/mol. The number of fused-ring (bicyclic) bond motifs is 3. The molecule has 20 heavy (non-hydrogen) atoms. The first-order valence-electron chi connectivity index (χ1n) is 6.25. The van der Waals surface area contributed by atoms with Crippen LogP contribution in [0.3, 0.4) is 0 Å². The van der Waals surface area contributed by atoms with E-state index >= 15 is 0 Å². The van der Waals surface area contributed by atoms with E-state index in [4.69, 9.17) is 5.73 Å². The Balaban J connectivity index is 2.03. The number of pyridine rings is 3. The summed E-state index contributed by atoms with van der Waals surface area (Å²) in [7, 11) is 0. The van der Waals surface area contributed by atoms with Crippen molar-refractivity contribution < 1.29 is 0 Å². The number of nitrogen functional groups attached to an aromatic ring is 1. The molecule has 3 N–H and O–H groups in total. The third kappa shape index (κ3) is 1.60. The maximum absolute atomic E-state index is 5.77. The van der Waals surface area contributed by atoms with E-state index in [0.29, 0.717) is 5.82 Å². The van der Waals surface area contributed by atoms with Crippen molar-refractivity contribution in [3.8, 4) is 11.3 Å². The van der Waals surface area contributed by atoms with Crippen LogP contribution in [0.4, 0.5) is 5.82 Å². The summed E-state index contributed by atoms with van der Waals surface area (Å²) in [5.41, 5.74) is 9.40. The van der Waals surface area contributed by atoms with E-state index in [2.05, 4.69) is 26.0 Å². The molecule has 0 aliphatic heterocycles. The topological polar surface area (TPSA) is 80.5 Å². The number of anilines is 1. The first kappa shape index (κ1) is 10.9. The monoisotopic (exact) mass is 261 g/mol. The van der Waals surface area contributed by atoms with Gasteiger partial charge >= 0.3 is 0 Å². The third-order valence-corrected chi connectivity index (χ3v) is 3.32. The van der Waals surface area contributed by atoms with Gasteiger partial charge in [0, 0.05) is 28.7 Å².